The molecule has 0 atom stereocenters. The van der Waals surface area contributed by atoms with E-state index in [1.807, 2.05) is 26.0 Å². The maximum absolute atomic E-state index is 13.0. The first-order valence-corrected chi connectivity index (χ1v) is 13.1. The maximum Gasteiger partial charge on any atom is 0.239 e. The van der Waals surface area contributed by atoms with Crippen LogP contribution >= 0.6 is 11.6 Å². The molecule has 0 saturated heterocycles. The van der Waals surface area contributed by atoms with Crippen molar-refractivity contribution in [2.75, 3.05) is 10.6 Å². The SMILES string of the molecule is C/C=C\C(=C/CC)NC(=O)C(C)(C)C(=O)Nc1ccc(Oc2ccc3nc(NC(=O)C4CC4)cn3n2)cc1Cl. The number of hydrogen-bond acceptors (Lipinski definition) is 6. The Kier molecular flexibility index (Phi) is 8.35. The number of ether oxygens (including phenoxy) is 1. The number of rotatable bonds is 10. The summed E-state index contributed by atoms with van der Waals surface area (Å²) in [6, 6.07) is 8.13. The maximum atomic E-state index is 13.0. The predicted molar refractivity (Wildman–Crippen MR) is 150 cm³/mol. The number of halogens is 1. The Morgan fingerprint density at radius 3 is 2.59 bits per heavy atom. The number of benzene rings is 1. The van der Waals surface area contributed by atoms with Crippen LogP contribution in [0.1, 0.15) is 47.0 Å². The van der Waals surface area contributed by atoms with E-state index in [4.69, 9.17) is 16.3 Å². The fourth-order valence-corrected chi connectivity index (χ4v) is 3.78. The van der Waals surface area contributed by atoms with E-state index in [1.54, 1.807) is 56.5 Å². The molecule has 1 aromatic carbocycles. The summed E-state index contributed by atoms with van der Waals surface area (Å²) in [5.41, 5.74) is 0.154. The van der Waals surface area contributed by atoms with Gasteiger partial charge in [-0.2, -0.15) is 0 Å². The van der Waals surface area contributed by atoms with Gasteiger partial charge in [-0.15, -0.1) is 5.10 Å². The van der Waals surface area contributed by atoms with Gasteiger partial charge in [0.25, 0.3) is 0 Å². The van der Waals surface area contributed by atoms with Crippen molar-refractivity contribution in [3.05, 3.63) is 65.5 Å². The van der Waals surface area contributed by atoms with Crippen LogP contribution in [0.4, 0.5) is 11.5 Å². The Morgan fingerprint density at radius 1 is 1.15 bits per heavy atom. The molecule has 0 aliphatic heterocycles. The van der Waals surface area contributed by atoms with E-state index >= 15 is 0 Å². The van der Waals surface area contributed by atoms with E-state index in [2.05, 4.69) is 26.0 Å². The Bertz CT molecular complexity index is 1470. The van der Waals surface area contributed by atoms with Crippen LogP contribution in [0.2, 0.25) is 5.02 Å². The zero-order valence-corrected chi connectivity index (χ0v) is 23.0. The van der Waals surface area contributed by atoms with Crippen LogP contribution in [0.5, 0.6) is 11.6 Å². The van der Waals surface area contributed by atoms with Crippen molar-refractivity contribution in [2.45, 2.75) is 47.0 Å². The highest BCUT2D eigenvalue weighted by Gasteiger charge is 2.36. The number of carbonyl (C=O) groups is 3. The van der Waals surface area contributed by atoms with E-state index in [0.717, 1.165) is 19.3 Å². The van der Waals surface area contributed by atoms with Crippen LogP contribution in [0, 0.1) is 11.3 Å². The van der Waals surface area contributed by atoms with Crippen LogP contribution in [0.15, 0.2) is 60.5 Å². The quantitative estimate of drug-likeness (QED) is 0.227. The number of amides is 3. The molecule has 0 radical (unpaired) electrons. The lowest BCUT2D eigenvalue weighted by molar-refractivity contribution is -0.137. The first kappa shape index (κ1) is 27.8. The largest absolute Gasteiger partial charge is 0.438 e. The lowest BCUT2D eigenvalue weighted by Gasteiger charge is -2.23. The normalized spacial score (nSPS) is 13.9. The first-order valence-electron chi connectivity index (χ1n) is 12.7. The summed E-state index contributed by atoms with van der Waals surface area (Å²) in [6.07, 6.45) is 9.62. The zero-order chi connectivity index (χ0) is 28.2. The van der Waals surface area contributed by atoms with Crippen LogP contribution in [-0.4, -0.2) is 32.3 Å². The third-order valence-electron chi connectivity index (χ3n) is 6.07. The summed E-state index contributed by atoms with van der Waals surface area (Å²) < 4.78 is 7.35. The number of anilines is 2. The molecule has 10 nitrogen and oxygen atoms in total. The van der Waals surface area contributed by atoms with Crippen molar-refractivity contribution in [1.29, 1.82) is 0 Å². The second-order valence-electron chi connectivity index (χ2n) is 9.71. The minimum atomic E-state index is -1.37. The van der Waals surface area contributed by atoms with Gasteiger partial charge in [0.1, 0.15) is 11.2 Å². The summed E-state index contributed by atoms with van der Waals surface area (Å²) in [5.74, 6) is 0.186. The molecule has 1 aliphatic rings. The fraction of sp³-hybridized carbons (Fsp3) is 0.321. The lowest BCUT2D eigenvalue weighted by Crippen LogP contribution is -2.44. The Balaban J connectivity index is 1.41. The fourth-order valence-electron chi connectivity index (χ4n) is 3.56. The molecule has 3 aromatic rings. The highest BCUT2D eigenvalue weighted by molar-refractivity contribution is 6.34. The van der Waals surface area contributed by atoms with Crippen LogP contribution < -0.4 is 20.7 Å². The van der Waals surface area contributed by atoms with Crippen LogP contribution in [0.25, 0.3) is 5.65 Å². The van der Waals surface area contributed by atoms with Gasteiger partial charge in [0, 0.05) is 23.7 Å². The zero-order valence-electron chi connectivity index (χ0n) is 22.2. The van der Waals surface area contributed by atoms with E-state index in [0.29, 0.717) is 28.6 Å². The number of fused-ring (bicyclic) bond motifs is 1. The average Bonchev–Trinajstić information content (AvgIpc) is 3.66. The molecule has 0 spiro atoms. The molecule has 2 aromatic heterocycles. The second-order valence-corrected chi connectivity index (χ2v) is 10.1. The molecule has 4 rings (SSSR count). The highest BCUT2D eigenvalue weighted by atomic mass is 35.5. The summed E-state index contributed by atoms with van der Waals surface area (Å²) >= 11 is 6.42. The van der Waals surface area contributed by atoms with Crippen molar-refractivity contribution in [1.82, 2.24) is 19.9 Å². The van der Waals surface area contributed by atoms with Gasteiger partial charge in [-0.1, -0.05) is 30.7 Å². The Morgan fingerprint density at radius 2 is 1.92 bits per heavy atom. The third kappa shape index (κ3) is 6.83. The van der Waals surface area contributed by atoms with E-state index in [1.165, 1.54) is 4.52 Å². The molecule has 2 heterocycles. The number of nitrogens with zero attached hydrogens (tertiary/aromatic N) is 3. The molecule has 1 saturated carbocycles. The molecule has 1 fully saturated rings. The molecule has 204 valence electrons. The number of carbonyl (C=O) groups excluding carboxylic acids is 3. The van der Waals surface area contributed by atoms with Crippen molar-refractivity contribution >= 4 is 46.5 Å². The van der Waals surface area contributed by atoms with Crippen molar-refractivity contribution < 1.29 is 19.1 Å². The Hall–Kier alpha value is -4.18. The highest BCUT2D eigenvalue weighted by Crippen LogP contribution is 2.32. The predicted octanol–water partition coefficient (Wildman–Crippen LogP) is 5.47. The van der Waals surface area contributed by atoms with Crippen LogP contribution in [-0.2, 0) is 14.4 Å². The smallest absolute Gasteiger partial charge is 0.239 e. The third-order valence-corrected chi connectivity index (χ3v) is 6.38. The molecule has 0 bridgehead atoms. The first-order chi connectivity index (χ1) is 18.6. The van der Waals surface area contributed by atoms with Crippen LogP contribution in [0.3, 0.4) is 0 Å². The topological polar surface area (TPSA) is 127 Å². The van der Waals surface area contributed by atoms with E-state index in [-0.39, 0.29) is 22.7 Å². The number of hydrogen-bond donors (Lipinski definition) is 3. The van der Waals surface area contributed by atoms with Crippen molar-refractivity contribution in [2.24, 2.45) is 11.3 Å². The lowest BCUT2D eigenvalue weighted by atomic mass is 9.90. The number of imidazole rings is 1. The van der Waals surface area contributed by atoms with Gasteiger partial charge >= 0.3 is 0 Å². The van der Waals surface area contributed by atoms with E-state index < -0.39 is 17.2 Å². The van der Waals surface area contributed by atoms with Gasteiger partial charge in [-0.3, -0.25) is 14.4 Å². The minimum absolute atomic E-state index is 0.0348. The molecule has 3 N–H and O–H groups in total. The number of nitrogens with one attached hydrogen (secondary N) is 3. The van der Waals surface area contributed by atoms with Crippen molar-refractivity contribution in [3.8, 4) is 11.6 Å². The van der Waals surface area contributed by atoms with Gasteiger partial charge in [-0.25, -0.2) is 9.50 Å². The average molecular weight is 551 g/mol. The van der Waals surface area contributed by atoms with Gasteiger partial charge in [0.05, 0.1) is 16.9 Å². The summed E-state index contributed by atoms with van der Waals surface area (Å²) in [4.78, 5) is 42.2. The van der Waals surface area contributed by atoms with Crippen molar-refractivity contribution in [3.63, 3.8) is 0 Å². The summed E-state index contributed by atoms with van der Waals surface area (Å²) in [6.45, 7) is 6.90. The van der Waals surface area contributed by atoms with Gasteiger partial charge in [0.2, 0.25) is 23.6 Å². The second kappa shape index (κ2) is 11.7. The molecular formula is C28H31ClN6O4. The molecular weight excluding hydrogens is 520 g/mol. The number of aromatic nitrogens is 3. The van der Waals surface area contributed by atoms with E-state index in [9.17, 15) is 14.4 Å². The minimum Gasteiger partial charge on any atom is -0.438 e. The standard InChI is InChI=1S/C28H31ClN6O4/c1-5-7-18(8-6-2)30-26(37)28(3,4)27(38)31-21-12-11-19(15-20(21)29)39-24-14-13-23-32-22(16-35(23)34-24)33-25(36)17-9-10-17/h5,7-8,11-17H,6,9-10H2,1-4H3,(H,30,37)(H,31,38)(H,33,36)/b7-5-,18-8+. The molecule has 1 aliphatic carbocycles. The Labute approximate surface area is 231 Å². The van der Waals surface area contributed by atoms with Gasteiger partial charge in [-0.05, 0) is 64.3 Å². The van der Waals surface area contributed by atoms with Gasteiger partial charge in [0.15, 0.2) is 11.5 Å². The van der Waals surface area contributed by atoms with Gasteiger partial charge < -0.3 is 20.7 Å². The molecule has 39 heavy (non-hydrogen) atoms. The molecule has 0 unspecified atom stereocenters. The molecule has 11 heteroatoms. The monoisotopic (exact) mass is 550 g/mol. The summed E-state index contributed by atoms with van der Waals surface area (Å²) in [7, 11) is 0. The molecule has 3 amide bonds. The summed E-state index contributed by atoms with van der Waals surface area (Å²) in [5, 5.41) is 12.9. The number of allylic oxidation sites excluding steroid dienone is 3.